The standard InChI is InChI=1S/C13H8N2O4/c16-11-8-4-3-7(6-9(8)12(17)15-11)14-13(18)10-2-1-5-19-10/h1-6H,(H,14,18)(H,15,16,17). The Balaban J connectivity index is 1.88. The number of hydrogen-bond donors (Lipinski definition) is 2. The maximum Gasteiger partial charge on any atom is 0.291 e. The number of furan rings is 1. The first-order valence-electron chi connectivity index (χ1n) is 5.50. The lowest BCUT2D eigenvalue weighted by Crippen LogP contribution is -2.19. The number of anilines is 1. The van der Waals surface area contributed by atoms with Gasteiger partial charge in [-0.1, -0.05) is 0 Å². The highest BCUT2D eigenvalue weighted by Gasteiger charge is 2.26. The predicted molar refractivity (Wildman–Crippen MR) is 64.9 cm³/mol. The molecule has 0 saturated heterocycles. The molecule has 0 spiro atoms. The van der Waals surface area contributed by atoms with Gasteiger partial charge < -0.3 is 9.73 Å². The molecule has 19 heavy (non-hydrogen) atoms. The van der Waals surface area contributed by atoms with Crippen LogP contribution in [-0.4, -0.2) is 17.7 Å². The molecule has 0 saturated carbocycles. The third-order valence-corrected chi connectivity index (χ3v) is 2.74. The van der Waals surface area contributed by atoms with Crippen LogP contribution in [0, 0.1) is 0 Å². The number of nitrogens with one attached hydrogen (secondary N) is 2. The molecular weight excluding hydrogens is 248 g/mol. The summed E-state index contributed by atoms with van der Waals surface area (Å²) in [5.74, 6) is -1.14. The van der Waals surface area contributed by atoms with Gasteiger partial charge in [0.15, 0.2) is 5.76 Å². The van der Waals surface area contributed by atoms with Crippen molar-refractivity contribution in [3.05, 3.63) is 53.5 Å². The van der Waals surface area contributed by atoms with E-state index in [0.29, 0.717) is 11.3 Å². The number of imide groups is 1. The summed E-state index contributed by atoms with van der Waals surface area (Å²) >= 11 is 0. The third kappa shape index (κ3) is 1.89. The number of carbonyl (C=O) groups excluding carboxylic acids is 3. The van der Waals surface area contributed by atoms with Crippen LogP contribution in [0.1, 0.15) is 31.3 Å². The quantitative estimate of drug-likeness (QED) is 0.795. The van der Waals surface area contributed by atoms with E-state index in [-0.39, 0.29) is 11.3 Å². The second kappa shape index (κ2) is 4.09. The van der Waals surface area contributed by atoms with Crippen LogP contribution in [-0.2, 0) is 0 Å². The Morgan fingerprint density at radius 3 is 2.63 bits per heavy atom. The van der Waals surface area contributed by atoms with Gasteiger partial charge in [0.1, 0.15) is 0 Å². The molecule has 1 aliphatic heterocycles. The second-order valence-electron chi connectivity index (χ2n) is 3.98. The molecule has 3 amide bonds. The number of hydrogen-bond acceptors (Lipinski definition) is 4. The summed E-state index contributed by atoms with van der Waals surface area (Å²) in [6, 6.07) is 7.63. The summed E-state index contributed by atoms with van der Waals surface area (Å²) in [6.07, 6.45) is 1.39. The number of rotatable bonds is 2. The average Bonchev–Trinajstić information content (AvgIpc) is 2.99. The Labute approximate surface area is 107 Å². The normalized spacial score (nSPS) is 13.1. The second-order valence-corrected chi connectivity index (χ2v) is 3.98. The Morgan fingerprint density at radius 2 is 1.89 bits per heavy atom. The zero-order chi connectivity index (χ0) is 13.4. The summed E-state index contributed by atoms with van der Waals surface area (Å²) in [6.45, 7) is 0. The molecule has 1 aliphatic rings. The molecule has 0 radical (unpaired) electrons. The largest absolute Gasteiger partial charge is 0.459 e. The van der Waals surface area contributed by atoms with Gasteiger partial charge in [-0.3, -0.25) is 19.7 Å². The lowest BCUT2D eigenvalue weighted by molar-refractivity contribution is 0.0878. The smallest absolute Gasteiger partial charge is 0.291 e. The van der Waals surface area contributed by atoms with E-state index >= 15 is 0 Å². The van der Waals surface area contributed by atoms with Gasteiger partial charge >= 0.3 is 0 Å². The Hall–Kier alpha value is -2.89. The molecule has 0 aliphatic carbocycles. The van der Waals surface area contributed by atoms with Crippen molar-refractivity contribution in [3.63, 3.8) is 0 Å². The molecule has 0 atom stereocenters. The topological polar surface area (TPSA) is 88.4 Å². The van der Waals surface area contributed by atoms with E-state index in [4.69, 9.17) is 4.42 Å². The van der Waals surface area contributed by atoms with Crippen LogP contribution in [0.3, 0.4) is 0 Å². The molecule has 2 aromatic rings. The monoisotopic (exact) mass is 256 g/mol. The van der Waals surface area contributed by atoms with Crippen molar-refractivity contribution in [2.45, 2.75) is 0 Å². The van der Waals surface area contributed by atoms with Crippen molar-refractivity contribution in [3.8, 4) is 0 Å². The molecular formula is C13H8N2O4. The van der Waals surface area contributed by atoms with Gasteiger partial charge in [0.2, 0.25) is 0 Å². The average molecular weight is 256 g/mol. The summed E-state index contributed by atoms with van der Waals surface area (Å²) in [4.78, 5) is 34.6. The summed E-state index contributed by atoms with van der Waals surface area (Å²) in [5, 5.41) is 4.77. The molecule has 0 bridgehead atoms. The fraction of sp³-hybridized carbons (Fsp3) is 0. The van der Waals surface area contributed by atoms with Gasteiger partial charge in [-0.25, -0.2) is 0 Å². The van der Waals surface area contributed by atoms with E-state index in [1.54, 1.807) is 12.1 Å². The first-order valence-corrected chi connectivity index (χ1v) is 5.50. The number of amides is 3. The molecule has 3 rings (SSSR count). The molecule has 0 fully saturated rings. The minimum absolute atomic E-state index is 0.168. The zero-order valence-corrected chi connectivity index (χ0v) is 9.60. The van der Waals surface area contributed by atoms with Crippen molar-refractivity contribution < 1.29 is 18.8 Å². The summed E-state index contributed by atoms with van der Waals surface area (Å²) < 4.78 is 4.95. The maximum absolute atomic E-state index is 11.7. The van der Waals surface area contributed by atoms with Crippen molar-refractivity contribution >= 4 is 23.4 Å². The van der Waals surface area contributed by atoms with E-state index < -0.39 is 17.7 Å². The van der Waals surface area contributed by atoms with Gasteiger partial charge in [-0.05, 0) is 30.3 Å². The zero-order valence-electron chi connectivity index (χ0n) is 9.60. The van der Waals surface area contributed by atoms with E-state index in [9.17, 15) is 14.4 Å². The number of carbonyl (C=O) groups is 3. The van der Waals surface area contributed by atoms with Crippen LogP contribution < -0.4 is 10.6 Å². The highest BCUT2D eigenvalue weighted by molar-refractivity contribution is 6.22. The molecule has 1 aromatic carbocycles. The third-order valence-electron chi connectivity index (χ3n) is 2.74. The molecule has 6 heteroatoms. The molecule has 1 aromatic heterocycles. The van der Waals surface area contributed by atoms with Gasteiger partial charge in [0, 0.05) is 5.69 Å². The van der Waals surface area contributed by atoms with E-state index in [2.05, 4.69) is 10.6 Å². The van der Waals surface area contributed by atoms with Crippen LogP contribution >= 0.6 is 0 Å². The number of fused-ring (bicyclic) bond motifs is 1. The minimum atomic E-state index is -0.464. The van der Waals surface area contributed by atoms with E-state index in [1.165, 1.54) is 24.5 Å². The van der Waals surface area contributed by atoms with Gasteiger partial charge in [0.25, 0.3) is 17.7 Å². The molecule has 0 unspecified atom stereocenters. The van der Waals surface area contributed by atoms with Crippen LogP contribution in [0.15, 0.2) is 41.0 Å². The van der Waals surface area contributed by atoms with Crippen molar-refractivity contribution in [1.29, 1.82) is 0 Å². The SMILES string of the molecule is O=C(Nc1ccc2c(c1)C(=O)NC2=O)c1ccco1. The molecule has 6 nitrogen and oxygen atoms in total. The highest BCUT2D eigenvalue weighted by atomic mass is 16.3. The maximum atomic E-state index is 11.7. The Morgan fingerprint density at radius 1 is 1.11 bits per heavy atom. The summed E-state index contributed by atoms with van der Waals surface area (Å²) in [5.41, 5.74) is 0.980. The van der Waals surface area contributed by atoms with Gasteiger partial charge in [0.05, 0.1) is 17.4 Å². The predicted octanol–water partition coefficient (Wildman–Crippen LogP) is 1.42. The Bertz CT molecular complexity index is 689. The Kier molecular flexibility index (Phi) is 2.42. The number of benzene rings is 1. The van der Waals surface area contributed by atoms with Gasteiger partial charge in [-0.2, -0.15) is 0 Å². The fourth-order valence-corrected chi connectivity index (χ4v) is 1.85. The first kappa shape index (κ1) is 11.2. The molecule has 2 heterocycles. The first-order chi connectivity index (χ1) is 9.15. The van der Waals surface area contributed by atoms with Crippen LogP contribution in [0.2, 0.25) is 0 Å². The minimum Gasteiger partial charge on any atom is -0.459 e. The lowest BCUT2D eigenvalue weighted by atomic mass is 10.1. The highest BCUT2D eigenvalue weighted by Crippen LogP contribution is 2.20. The van der Waals surface area contributed by atoms with Gasteiger partial charge in [-0.15, -0.1) is 0 Å². The molecule has 94 valence electrons. The summed E-state index contributed by atoms with van der Waals surface area (Å²) in [7, 11) is 0. The van der Waals surface area contributed by atoms with Crippen molar-refractivity contribution in [1.82, 2.24) is 5.32 Å². The van der Waals surface area contributed by atoms with E-state index in [0.717, 1.165) is 0 Å². The van der Waals surface area contributed by atoms with E-state index in [1.807, 2.05) is 0 Å². The van der Waals surface area contributed by atoms with Crippen molar-refractivity contribution in [2.75, 3.05) is 5.32 Å². The van der Waals surface area contributed by atoms with Crippen LogP contribution in [0.25, 0.3) is 0 Å². The van der Waals surface area contributed by atoms with Crippen LogP contribution in [0.5, 0.6) is 0 Å². The lowest BCUT2D eigenvalue weighted by Gasteiger charge is -2.04. The van der Waals surface area contributed by atoms with Crippen molar-refractivity contribution in [2.24, 2.45) is 0 Å². The van der Waals surface area contributed by atoms with Crippen LogP contribution in [0.4, 0.5) is 5.69 Å². The fourth-order valence-electron chi connectivity index (χ4n) is 1.85. The molecule has 2 N–H and O–H groups in total.